The minimum Gasteiger partial charge on any atom is -1.00 e. The minimum atomic E-state index is 0. The van der Waals surface area contributed by atoms with E-state index in [0.717, 1.165) is 40.4 Å². The molecule has 0 amide bonds. The molecule has 44 heavy (non-hydrogen) atoms. The van der Waals surface area contributed by atoms with Gasteiger partial charge in [0, 0.05) is 0 Å². The molecule has 0 saturated carbocycles. The number of benzene rings is 6. The van der Waals surface area contributed by atoms with E-state index in [1.165, 1.54) is 57.5 Å². The van der Waals surface area contributed by atoms with Crippen molar-refractivity contribution in [1.29, 1.82) is 0 Å². The topological polar surface area (TPSA) is 0 Å². The van der Waals surface area contributed by atoms with E-state index >= 15 is 0 Å². The molecule has 0 radical (unpaired) electrons. The maximum Gasteiger partial charge on any atom is -0.0255 e. The van der Waals surface area contributed by atoms with Gasteiger partial charge in [-0.25, -0.2) is 12.2 Å². The normalized spacial score (nSPS) is 11.4. The SMILES string of the molecule is Clc1cccc([C](=[Hf+2])c2cccc(Cl)c2)c1.[C-]1=CC=CC1.[Cl-].[Cl-].c1ccc2c(c1)[cH-]c1c3ccccc3c3ccccc3c21. The molecule has 0 spiro atoms. The number of rotatable bonds is 2. The Bertz CT molecular complexity index is 2060. The van der Waals surface area contributed by atoms with Gasteiger partial charge in [0.2, 0.25) is 0 Å². The van der Waals surface area contributed by atoms with Gasteiger partial charge in [-0.1, -0.05) is 77.5 Å². The molecule has 0 nitrogen and oxygen atoms in total. The Balaban J connectivity index is 0.000000171. The first-order valence-corrected chi connectivity index (χ1v) is 16.3. The predicted octanol–water partition coefficient (Wildman–Crippen LogP) is 5.44. The second-order valence-corrected chi connectivity index (χ2v) is 12.7. The first-order valence-electron chi connectivity index (χ1n) is 13.8. The summed E-state index contributed by atoms with van der Waals surface area (Å²) in [6, 6.07) is 44.4. The van der Waals surface area contributed by atoms with E-state index in [1.807, 2.05) is 48.6 Å². The summed E-state index contributed by atoms with van der Waals surface area (Å²) < 4.78 is 1.31. The van der Waals surface area contributed by atoms with E-state index in [0.29, 0.717) is 0 Å². The molecule has 0 unspecified atom stereocenters. The van der Waals surface area contributed by atoms with Gasteiger partial charge < -0.3 is 24.8 Å². The zero-order valence-electron chi connectivity index (χ0n) is 23.6. The molecule has 0 fully saturated rings. The third-order valence-corrected chi connectivity index (χ3v) is 9.86. The zero-order valence-corrected chi connectivity index (χ0v) is 30.2. The Morgan fingerprint density at radius 2 is 1.14 bits per heavy atom. The Kier molecular flexibility index (Phi) is 12.3. The van der Waals surface area contributed by atoms with E-state index in [2.05, 4.69) is 103 Å². The number of allylic oxidation sites excluding steroid dienone is 4. The molecule has 0 aromatic heterocycles. The van der Waals surface area contributed by atoms with Crippen LogP contribution in [0.25, 0.3) is 43.1 Å². The van der Waals surface area contributed by atoms with Gasteiger partial charge in [-0.2, -0.15) is 6.08 Å². The molecule has 216 valence electrons. The van der Waals surface area contributed by atoms with Crippen LogP contribution >= 0.6 is 23.2 Å². The predicted molar refractivity (Wildman–Crippen MR) is 180 cm³/mol. The fourth-order valence-electron chi connectivity index (χ4n) is 5.41. The number of hydrogen-bond acceptors (Lipinski definition) is 0. The van der Waals surface area contributed by atoms with Crippen LogP contribution < -0.4 is 24.8 Å². The summed E-state index contributed by atoms with van der Waals surface area (Å²) in [5.74, 6) is 0. The average molecular weight is 815 g/mol. The van der Waals surface area contributed by atoms with Crippen molar-refractivity contribution in [3.8, 4) is 0 Å². The summed E-state index contributed by atoms with van der Waals surface area (Å²) in [7, 11) is 0. The van der Waals surface area contributed by atoms with Crippen LogP contribution in [-0.4, -0.2) is 3.26 Å². The van der Waals surface area contributed by atoms with Gasteiger partial charge in [-0.15, -0.1) is 40.1 Å². The third kappa shape index (κ3) is 7.48. The van der Waals surface area contributed by atoms with Crippen LogP contribution in [0.1, 0.15) is 17.5 Å². The van der Waals surface area contributed by atoms with Crippen LogP contribution in [0.3, 0.4) is 0 Å². The van der Waals surface area contributed by atoms with Crippen molar-refractivity contribution in [2.24, 2.45) is 0 Å². The minimum absolute atomic E-state index is 0. The van der Waals surface area contributed by atoms with Gasteiger partial charge in [0.25, 0.3) is 0 Å². The van der Waals surface area contributed by atoms with E-state index in [4.69, 9.17) is 23.2 Å². The molecule has 5 heteroatoms. The van der Waals surface area contributed by atoms with Crippen molar-refractivity contribution in [1.82, 2.24) is 0 Å². The molecule has 0 bridgehead atoms. The number of hydrogen-bond donors (Lipinski definition) is 0. The quantitative estimate of drug-likeness (QED) is 0.124. The van der Waals surface area contributed by atoms with E-state index in [1.54, 1.807) is 0 Å². The van der Waals surface area contributed by atoms with Gasteiger partial charge in [-0.3, -0.25) is 6.08 Å². The molecular formula is C39H26Cl4Hf-2. The smallest absolute Gasteiger partial charge is 0.0255 e. The van der Waals surface area contributed by atoms with Gasteiger partial charge in [0.05, 0.1) is 0 Å². The summed E-state index contributed by atoms with van der Waals surface area (Å²) in [6.07, 6.45) is 10.0. The fourth-order valence-corrected chi connectivity index (χ4v) is 6.91. The molecular weight excluding hydrogens is 789 g/mol. The van der Waals surface area contributed by atoms with Crippen LogP contribution in [0.5, 0.6) is 0 Å². The van der Waals surface area contributed by atoms with Crippen molar-refractivity contribution in [3.05, 3.63) is 173 Å². The van der Waals surface area contributed by atoms with Crippen LogP contribution in [0.15, 0.2) is 146 Å². The molecule has 1 aliphatic rings. The monoisotopic (exact) mass is 814 g/mol. The van der Waals surface area contributed by atoms with Crippen molar-refractivity contribution in [3.63, 3.8) is 0 Å². The average Bonchev–Trinajstić information content (AvgIpc) is 3.74. The Hall–Kier alpha value is -2.91. The fraction of sp³-hybridized carbons (Fsp3) is 0.0256. The largest absolute Gasteiger partial charge is 1.00 e. The molecule has 0 heterocycles. The maximum absolute atomic E-state index is 5.98. The third-order valence-electron chi connectivity index (χ3n) is 7.32. The number of halogens is 4. The molecule has 7 aromatic rings. The van der Waals surface area contributed by atoms with Crippen molar-refractivity contribution >= 4 is 69.5 Å². The van der Waals surface area contributed by atoms with Crippen LogP contribution in [0.4, 0.5) is 0 Å². The van der Waals surface area contributed by atoms with Gasteiger partial charge >= 0.3 is 120 Å². The van der Waals surface area contributed by atoms with Crippen molar-refractivity contribution in [2.45, 2.75) is 6.42 Å². The summed E-state index contributed by atoms with van der Waals surface area (Å²) >= 11 is 12.9. The molecule has 7 aromatic carbocycles. The Labute approximate surface area is 295 Å². The summed E-state index contributed by atoms with van der Waals surface area (Å²) in [4.78, 5) is 0. The van der Waals surface area contributed by atoms with Crippen molar-refractivity contribution < 1.29 is 48.7 Å². The summed E-state index contributed by atoms with van der Waals surface area (Å²) in [5, 5.41) is 12.4. The molecule has 1 aliphatic carbocycles. The molecule has 0 N–H and O–H groups in total. The summed E-state index contributed by atoms with van der Waals surface area (Å²) in [6.45, 7) is 0. The van der Waals surface area contributed by atoms with E-state index in [9.17, 15) is 0 Å². The van der Waals surface area contributed by atoms with E-state index in [-0.39, 0.29) is 24.8 Å². The van der Waals surface area contributed by atoms with Crippen LogP contribution in [0, 0.1) is 6.08 Å². The maximum atomic E-state index is 5.98. The molecule has 0 aliphatic heterocycles. The van der Waals surface area contributed by atoms with Gasteiger partial charge in [0.15, 0.2) is 0 Å². The van der Waals surface area contributed by atoms with Crippen molar-refractivity contribution in [2.75, 3.05) is 0 Å². The first kappa shape index (κ1) is 34.0. The second kappa shape index (κ2) is 15.9. The van der Waals surface area contributed by atoms with Crippen LogP contribution in [0.2, 0.25) is 10.0 Å². The standard InChI is InChI=1S/C21H13.C13H8Cl2.C5H5.2ClH.Hf/c1-2-8-15-14(7-1)13-20-18-11-4-3-9-16(18)17-10-5-6-12-19(17)21(15)20;14-12-5-1-3-10(8-12)7-11-4-2-6-13(15)9-11;1-2-4-5-3-1;;;/h1-13H;1-6,8-9H;1-3H,4H2;2*1H;/q-1;;-1;;;+2/p-2. The molecule has 0 atom stereocenters. The van der Waals surface area contributed by atoms with Crippen LogP contribution in [-0.2, 0) is 23.9 Å². The Morgan fingerprint density at radius 3 is 1.66 bits per heavy atom. The first-order chi connectivity index (χ1) is 20.6. The number of fused-ring (bicyclic) bond motifs is 8. The molecule has 0 saturated heterocycles. The van der Waals surface area contributed by atoms with E-state index < -0.39 is 0 Å². The summed E-state index contributed by atoms with van der Waals surface area (Å²) in [5.41, 5.74) is 2.36. The second-order valence-electron chi connectivity index (χ2n) is 10.0. The zero-order chi connectivity index (χ0) is 28.9. The van der Waals surface area contributed by atoms with Gasteiger partial charge in [0.1, 0.15) is 0 Å². The molecule has 8 rings (SSSR count). The Morgan fingerprint density at radius 1 is 0.614 bits per heavy atom. The van der Waals surface area contributed by atoms with Gasteiger partial charge in [-0.05, 0) is 10.8 Å².